The molecule has 0 spiro atoms. The SMILES string of the molecule is Cc1noc(C)c1CC(=O)N1CCN(C(=O)c2cc(F)ccc2Br)CC1. The lowest BCUT2D eigenvalue weighted by Gasteiger charge is -2.35. The van der Waals surface area contributed by atoms with Gasteiger partial charge in [-0.1, -0.05) is 5.16 Å². The fourth-order valence-electron chi connectivity index (χ4n) is 3.01. The van der Waals surface area contributed by atoms with E-state index in [1.165, 1.54) is 18.2 Å². The van der Waals surface area contributed by atoms with Crippen molar-refractivity contribution in [2.75, 3.05) is 26.2 Å². The number of hydrogen-bond acceptors (Lipinski definition) is 4. The van der Waals surface area contributed by atoms with Gasteiger partial charge >= 0.3 is 0 Å². The van der Waals surface area contributed by atoms with E-state index in [1.54, 1.807) is 16.7 Å². The van der Waals surface area contributed by atoms with Crippen molar-refractivity contribution in [3.8, 4) is 0 Å². The first kappa shape index (κ1) is 18.6. The minimum absolute atomic E-state index is 0.0153. The van der Waals surface area contributed by atoms with Gasteiger partial charge in [-0.15, -0.1) is 0 Å². The highest BCUT2D eigenvalue weighted by molar-refractivity contribution is 9.10. The van der Waals surface area contributed by atoms with Gasteiger partial charge in [0.1, 0.15) is 11.6 Å². The standard InChI is InChI=1S/C18H19BrFN3O3/c1-11-14(12(2)26-21-11)10-17(24)22-5-7-23(8-6-22)18(25)15-9-13(20)3-4-16(15)19/h3-4,9H,5-8,10H2,1-2H3. The monoisotopic (exact) mass is 423 g/mol. The molecule has 0 bridgehead atoms. The van der Waals surface area contributed by atoms with E-state index in [2.05, 4.69) is 21.1 Å². The molecule has 0 saturated carbocycles. The summed E-state index contributed by atoms with van der Waals surface area (Å²) in [6.45, 7) is 5.31. The second-order valence-corrected chi connectivity index (χ2v) is 7.13. The molecule has 3 rings (SSSR count). The van der Waals surface area contributed by atoms with Crippen LogP contribution in [0.4, 0.5) is 4.39 Å². The van der Waals surface area contributed by atoms with Crippen molar-refractivity contribution in [1.82, 2.24) is 15.0 Å². The van der Waals surface area contributed by atoms with E-state index in [9.17, 15) is 14.0 Å². The smallest absolute Gasteiger partial charge is 0.255 e. The Bertz CT molecular complexity index is 825. The Labute approximate surface area is 159 Å². The van der Waals surface area contributed by atoms with Gasteiger partial charge in [-0.05, 0) is 48.0 Å². The molecule has 0 unspecified atom stereocenters. The van der Waals surface area contributed by atoms with Crippen LogP contribution >= 0.6 is 15.9 Å². The molecule has 1 saturated heterocycles. The topological polar surface area (TPSA) is 66.7 Å². The Hall–Kier alpha value is -2.22. The van der Waals surface area contributed by atoms with Crippen LogP contribution in [0.3, 0.4) is 0 Å². The fourth-order valence-corrected chi connectivity index (χ4v) is 3.42. The number of hydrogen-bond donors (Lipinski definition) is 0. The molecule has 2 heterocycles. The molecule has 1 aliphatic rings. The normalized spacial score (nSPS) is 14.6. The summed E-state index contributed by atoms with van der Waals surface area (Å²) in [4.78, 5) is 28.5. The van der Waals surface area contributed by atoms with Crippen molar-refractivity contribution in [2.45, 2.75) is 20.3 Å². The summed E-state index contributed by atoms with van der Waals surface area (Å²) in [5.41, 5.74) is 1.83. The lowest BCUT2D eigenvalue weighted by molar-refractivity contribution is -0.131. The van der Waals surface area contributed by atoms with Gasteiger partial charge in [0.05, 0.1) is 17.7 Å². The molecular formula is C18H19BrFN3O3. The van der Waals surface area contributed by atoms with Crippen LogP contribution in [0, 0.1) is 19.7 Å². The summed E-state index contributed by atoms with van der Waals surface area (Å²) in [7, 11) is 0. The number of benzene rings is 1. The maximum Gasteiger partial charge on any atom is 0.255 e. The van der Waals surface area contributed by atoms with Crippen LogP contribution in [-0.2, 0) is 11.2 Å². The lowest BCUT2D eigenvalue weighted by Crippen LogP contribution is -2.51. The largest absolute Gasteiger partial charge is 0.361 e. The highest BCUT2D eigenvalue weighted by Gasteiger charge is 2.27. The number of aryl methyl sites for hydroxylation is 2. The van der Waals surface area contributed by atoms with E-state index in [0.29, 0.717) is 42.0 Å². The van der Waals surface area contributed by atoms with Crippen molar-refractivity contribution < 1.29 is 18.5 Å². The lowest BCUT2D eigenvalue weighted by atomic mass is 10.1. The molecule has 8 heteroatoms. The molecule has 0 atom stereocenters. The second-order valence-electron chi connectivity index (χ2n) is 6.28. The molecule has 0 radical (unpaired) electrons. The van der Waals surface area contributed by atoms with Crippen LogP contribution in [0.1, 0.15) is 27.4 Å². The third-order valence-electron chi connectivity index (χ3n) is 4.59. The fraction of sp³-hybridized carbons (Fsp3) is 0.389. The van der Waals surface area contributed by atoms with Gasteiger partial charge in [-0.2, -0.15) is 0 Å². The van der Waals surface area contributed by atoms with Gasteiger partial charge in [0, 0.05) is 36.2 Å². The number of halogens is 2. The maximum absolute atomic E-state index is 13.4. The zero-order valence-corrected chi connectivity index (χ0v) is 16.2. The first-order valence-electron chi connectivity index (χ1n) is 8.30. The summed E-state index contributed by atoms with van der Waals surface area (Å²) >= 11 is 3.29. The maximum atomic E-state index is 13.4. The molecule has 2 aromatic rings. The number of nitrogens with zero attached hydrogens (tertiary/aromatic N) is 3. The predicted octanol–water partition coefficient (Wildman–Crippen LogP) is 2.72. The van der Waals surface area contributed by atoms with Gasteiger partial charge in [0.15, 0.2) is 0 Å². The van der Waals surface area contributed by atoms with Crippen LogP contribution in [0.5, 0.6) is 0 Å². The van der Waals surface area contributed by atoms with Crippen molar-refractivity contribution >= 4 is 27.7 Å². The average Bonchev–Trinajstić information content (AvgIpc) is 2.95. The number of aromatic nitrogens is 1. The predicted molar refractivity (Wildman–Crippen MR) is 96.3 cm³/mol. The number of piperazine rings is 1. The Balaban J connectivity index is 1.61. The van der Waals surface area contributed by atoms with Crippen LogP contribution in [0.2, 0.25) is 0 Å². The van der Waals surface area contributed by atoms with Crippen molar-refractivity contribution in [2.24, 2.45) is 0 Å². The molecule has 0 N–H and O–H groups in total. The second kappa shape index (κ2) is 7.57. The summed E-state index contributed by atoms with van der Waals surface area (Å²) in [6.07, 6.45) is 0.241. The summed E-state index contributed by atoms with van der Waals surface area (Å²) in [6, 6.07) is 4.04. The summed E-state index contributed by atoms with van der Waals surface area (Å²) in [5, 5.41) is 3.86. The van der Waals surface area contributed by atoms with Crippen LogP contribution in [0.15, 0.2) is 27.2 Å². The first-order chi connectivity index (χ1) is 12.4. The van der Waals surface area contributed by atoms with Gasteiger partial charge in [0.2, 0.25) is 5.91 Å². The third kappa shape index (κ3) is 3.80. The van der Waals surface area contributed by atoms with E-state index in [-0.39, 0.29) is 18.2 Å². The molecule has 26 heavy (non-hydrogen) atoms. The van der Waals surface area contributed by atoms with Crippen LogP contribution in [0.25, 0.3) is 0 Å². The minimum Gasteiger partial charge on any atom is -0.361 e. The molecule has 1 aromatic carbocycles. The Kier molecular flexibility index (Phi) is 5.41. The van der Waals surface area contributed by atoms with E-state index in [1.807, 2.05) is 6.92 Å². The van der Waals surface area contributed by atoms with E-state index >= 15 is 0 Å². The van der Waals surface area contributed by atoms with Crippen LogP contribution < -0.4 is 0 Å². The van der Waals surface area contributed by atoms with Crippen molar-refractivity contribution in [1.29, 1.82) is 0 Å². The first-order valence-corrected chi connectivity index (χ1v) is 9.10. The van der Waals surface area contributed by atoms with E-state index < -0.39 is 5.82 Å². The van der Waals surface area contributed by atoms with Gasteiger partial charge in [-0.3, -0.25) is 9.59 Å². The Morgan fingerprint density at radius 3 is 2.46 bits per heavy atom. The van der Waals surface area contributed by atoms with E-state index in [0.717, 1.165) is 11.3 Å². The molecular weight excluding hydrogens is 405 g/mol. The molecule has 2 amide bonds. The van der Waals surface area contributed by atoms with E-state index in [4.69, 9.17) is 4.52 Å². The quantitative estimate of drug-likeness (QED) is 0.760. The van der Waals surface area contributed by atoms with Gasteiger partial charge in [-0.25, -0.2) is 4.39 Å². The zero-order chi connectivity index (χ0) is 18.8. The Morgan fingerprint density at radius 1 is 1.19 bits per heavy atom. The molecule has 1 fully saturated rings. The molecule has 1 aliphatic heterocycles. The number of rotatable bonds is 3. The molecule has 6 nitrogen and oxygen atoms in total. The minimum atomic E-state index is -0.454. The Morgan fingerprint density at radius 2 is 1.85 bits per heavy atom. The van der Waals surface area contributed by atoms with Crippen molar-refractivity contribution in [3.63, 3.8) is 0 Å². The molecule has 1 aromatic heterocycles. The summed E-state index contributed by atoms with van der Waals surface area (Å²) < 4.78 is 19.1. The third-order valence-corrected chi connectivity index (χ3v) is 5.28. The molecule has 138 valence electrons. The summed E-state index contributed by atoms with van der Waals surface area (Å²) in [5.74, 6) is -0.0573. The van der Waals surface area contributed by atoms with Gasteiger partial charge in [0.25, 0.3) is 5.91 Å². The zero-order valence-electron chi connectivity index (χ0n) is 14.6. The number of carbonyl (C=O) groups excluding carboxylic acids is 2. The highest BCUT2D eigenvalue weighted by Crippen LogP contribution is 2.21. The highest BCUT2D eigenvalue weighted by atomic mass is 79.9. The van der Waals surface area contributed by atoms with Crippen molar-refractivity contribution in [3.05, 3.63) is 51.1 Å². The molecule has 0 aliphatic carbocycles. The van der Waals surface area contributed by atoms with Crippen LogP contribution in [-0.4, -0.2) is 52.9 Å². The number of carbonyl (C=O) groups is 2. The number of amides is 2. The van der Waals surface area contributed by atoms with Gasteiger partial charge < -0.3 is 14.3 Å². The average molecular weight is 424 g/mol.